The van der Waals surface area contributed by atoms with Crippen LogP contribution in [0.4, 0.5) is 0 Å². The molecule has 2 fully saturated rings. The number of carbonyl (C=O) groups excluding carboxylic acids is 1. The molecule has 0 aromatic carbocycles. The number of hydrogen-bond acceptors (Lipinski definition) is 2. The second-order valence-electron chi connectivity index (χ2n) is 6.00. The van der Waals surface area contributed by atoms with Crippen LogP contribution in [0, 0.1) is 5.92 Å². The first-order valence-electron chi connectivity index (χ1n) is 7.15. The summed E-state index contributed by atoms with van der Waals surface area (Å²) in [5.41, 5.74) is 0. The summed E-state index contributed by atoms with van der Waals surface area (Å²) < 4.78 is 0. The molecule has 0 spiro atoms. The average molecular weight is 275 g/mol. The summed E-state index contributed by atoms with van der Waals surface area (Å²) in [6.07, 6.45) is 5.74. The summed E-state index contributed by atoms with van der Waals surface area (Å²) in [6, 6.07) is 1.39. The van der Waals surface area contributed by atoms with Gasteiger partial charge in [-0.05, 0) is 59.4 Å². The minimum Gasteiger partial charge on any atom is -0.337 e. The van der Waals surface area contributed by atoms with E-state index < -0.39 is 0 Å². The molecule has 106 valence electrons. The van der Waals surface area contributed by atoms with Gasteiger partial charge in [-0.15, -0.1) is 12.4 Å². The van der Waals surface area contributed by atoms with E-state index in [1.807, 2.05) is 0 Å². The molecule has 0 unspecified atom stereocenters. The van der Waals surface area contributed by atoms with Crippen molar-refractivity contribution in [2.45, 2.75) is 71.0 Å². The molecule has 1 aliphatic carbocycles. The second kappa shape index (κ2) is 6.76. The van der Waals surface area contributed by atoms with E-state index in [0.717, 1.165) is 19.4 Å². The van der Waals surface area contributed by atoms with Gasteiger partial charge in [-0.2, -0.15) is 0 Å². The maximum Gasteiger partial charge on any atom is 0.226 e. The molecule has 0 radical (unpaired) electrons. The Balaban J connectivity index is 0.00000162. The normalized spacial score (nSPS) is 28.4. The van der Waals surface area contributed by atoms with Crippen molar-refractivity contribution in [1.29, 1.82) is 0 Å². The maximum absolute atomic E-state index is 12.6. The van der Waals surface area contributed by atoms with Crippen molar-refractivity contribution >= 4 is 18.3 Å². The average Bonchev–Trinajstić information content (AvgIpc) is 2.21. The summed E-state index contributed by atoms with van der Waals surface area (Å²) >= 11 is 0. The first kappa shape index (κ1) is 15.8. The Morgan fingerprint density at radius 3 is 2.39 bits per heavy atom. The molecule has 1 heterocycles. The molecule has 1 N–H and O–H groups in total. The lowest BCUT2D eigenvalue weighted by Gasteiger charge is -2.43. The van der Waals surface area contributed by atoms with E-state index in [2.05, 4.69) is 31.0 Å². The van der Waals surface area contributed by atoms with Gasteiger partial charge in [0.25, 0.3) is 0 Å². The van der Waals surface area contributed by atoms with Crippen molar-refractivity contribution in [2.24, 2.45) is 5.92 Å². The highest BCUT2D eigenvalue weighted by Crippen LogP contribution is 2.30. The summed E-state index contributed by atoms with van der Waals surface area (Å²) in [4.78, 5) is 14.8. The third kappa shape index (κ3) is 3.39. The highest BCUT2D eigenvalue weighted by Gasteiger charge is 2.35. The lowest BCUT2D eigenvalue weighted by Crippen LogP contribution is -2.52. The zero-order valence-corrected chi connectivity index (χ0v) is 12.6. The van der Waals surface area contributed by atoms with Crippen molar-refractivity contribution in [3.63, 3.8) is 0 Å². The molecule has 0 bridgehead atoms. The highest BCUT2D eigenvalue weighted by molar-refractivity contribution is 5.85. The molecule has 18 heavy (non-hydrogen) atoms. The molecule has 3 nitrogen and oxygen atoms in total. The van der Waals surface area contributed by atoms with E-state index in [1.165, 1.54) is 19.3 Å². The fourth-order valence-electron chi connectivity index (χ4n) is 3.09. The lowest BCUT2D eigenvalue weighted by atomic mass is 9.86. The van der Waals surface area contributed by atoms with Crippen molar-refractivity contribution in [1.82, 2.24) is 10.2 Å². The number of hydrogen-bond donors (Lipinski definition) is 1. The summed E-state index contributed by atoms with van der Waals surface area (Å²) in [6.45, 7) is 7.48. The van der Waals surface area contributed by atoms with Crippen LogP contribution < -0.4 is 5.32 Å². The Bertz CT molecular complexity index is 279. The molecule has 2 aliphatic rings. The molecule has 0 aromatic rings. The van der Waals surface area contributed by atoms with Crippen LogP contribution in [0.3, 0.4) is 0 Å². The van der Waals surface area contributed by atoms with E-state index in [9.17, 15) is 4.79 Å². The van der Waals surface area contributed by atoms with Crippen LogP contribution in [0.5, 0.6) is 0 Å². The standard InChI is InChI=1S/C14H26N2O.ClH/c1-10(2)16(13-5-4-6-13)14(17)12-7-8-15-11(3)9-12;/h10-13,15H,4-9H2,1-3H3;1H/t11-,12-;/m0./s1. The molecule has 2 atom stereocenters. The first-order valence-corrected chi connectivity index (χ1v) is 7.15. The maximum atomic E-state index is 12.6. The SMILES string of the molecule is CC(C)N(C(=O)[C@H]1CCN[C@@H](C)C1)C1CCC1.Cl. The van der Waals surface area contributed by atoms with Gasteiger partial charge < -0.3 is 10.2 Å². The fourth-order valence-corrected chi connectivity index (χ4v) is 3.09. The first-order chi connectivity index (χ1) is 8.09. The van der Waals surface area contributed by atoms with E-state index >= 15 is 0 Å². The quantitative estimate of drug-likeness (QED) is 0.858. The minimum absolute atomic E-state index is 0. The Kier molecular flexibility index (Phi) is 5.93. The van der Waals surface area contributed by atoms with Gasteiger partial charge in [0, 0.05) is 24.0 Å². The Morgan fingerprint density at radius 2 is 1.94 bits per heavy atom. The molecular weight excluding hydrogens is 248 g/mol. The fraction of sp³-hybridized carbons (Fsp3) is 0.929. The number of nitrogens with zero attached hydrogens (tertiary/aromatic N) is 1. The zero-order valence-electron chi connectivity index (χ0n) is 11.8. The molecule has 1 saturated heterocycles. The van der Waals surface area contributed by atoms with Crippen molar-refractivity contribution in [2.75, 3.05) is 6.54 Å². The lowest BCUT2D eigenvalue weighted by molar-refractivity contribution is -0.143. The van der Waals surface area contributed by atoms with Gasteiger partial charge in [-0.1, -0.05) is 0 Å². The summed E-state index contributed by atoms with van der Waals surface area (Å²) in [5, 5.41) is 3.42. The van der Waals surface area contributed by atoms with Crippen molar-refractivity contribution in [3.8, 4) is 0 Å². The van der Waals surface area contributed by atoms with Crippen LogP contribution in [-0.2, 0) is 4.79 Å². The number of piperidine rings is 1. The Morgan fingerprint density at radius 1 is 1.28 bits per heavy atom. The third-order valence-corrected chi connectivity index (χ3v) is 4.25. The topological polar surface area (TPSA) is 32.3 Å². The highest BCUT2D eigenvalue weighted by atomic mass is 35.5. The van der Waals surface area contributed by atoms with Crippen LogP contribution >= 0.6 is 12.4 Å². The second-order valence-corrected chi connectivity index (χ2v) is 6.00. The van der Waals surface area contributed by atoms with Crippen LogP contribution in [0.2, 0.25) is 0 Å². The van der Waals surface area contributed by atoms with Gasteiger partial charge in [0.15, 0.2) is 0 Å². The molecule has 2 rings (SSSR count). The number of carbonyl (C=O) groups is 1. The van der Waals surface area contributed by atoms with Gasteiger partial charge in [0.2, 0.25) is 5.91 Å². The Labute approximate surface area is 117 Å². The molecule has 1 saturated carbocycles. The summed E-state index contributed by atoms with van der Waals surface area (Å²) in [7, 11) is 0. The number of nitrogens with one attached hydrogen (secondary N) is 1. The van der Waals surface area contributed by atoms with E-state index in [4.69, 9.17) is 0 Å². The number of amides is 1. The third-order valence-electron chi connectivity index (χ3n) is 4.25. The zero-order chi connectivity index (χ0) is 12.4. The van der Waals surface area contributed by atoms with Crippen LogP contribution in [0.1, 0.15) is 52.9 Å². The number of rotatable bonds is 3. The predicted molar refractivity (Wildman–Crippen MR) is 77.1 cm³/mol. The monoisotopic (exact) mass is 274 g/mol. The van der Waals surface area contributed by atoms with Crippen LogP contribution in [0.15, 0.2) is 0 Å². The Hall–Kier alpha value is -0.280. The molecular formula is C14H27ClN2O. The van der Waals surface area contributed by atoms with Gasteiger partial charge in [-0.25, -0.2) is 0 Å². The predicted octanol–water partition coefficient (Wildman–Crippen LogP) is 2.59. The van der Waals surface area contributed by atoms with Gasteiger partial charge in [-0.3, -0.25) is 4.79 Å². The van der Waals surface area contributed by atoms with E-state index in [-0.39, 0.29) is 18.3 Å². The molecule has 0 aromatic heterocycles. The largest absolute Gasteiger partial charge is 0.337 e. The molecule has 1 aliphatic heterocycles. The van der Waals surface area contributed by atoms with Crippen molar-refractivity contribution in [3.05, 3.63) is 0 Å². The minimum atomic E-state index is 0. The molecule has 1 amide bonds. The van der Waals surface area contributed by atoms with Crippen molar-refractivity contribution < 1.29 is 4.79 Å². The summed E-state index contributed by atoms with van der Waals surface area (Å²) in [5.74, 6) is 0.673. The van der Waals surface area contributed by atoms with Gasteiger partial charge in [0.1, 0.15) is 0 Å². The van der Waals surface area contributed by atoms with Crippen LogP contribution in [-0.4, -0.2) is 35.5 Å². The van der Waals surface area contributed by atoms with Gasteiger partial charge >= 0.3 is 0 Å². The number of halogens is 1. The van der Waals surface area contributed by atoms with Gasteiger partial charge in [0.05, 0.1) is 0 Å². The van der Waals surface area contributed by atoms with E-state index in [0.29, 0.717) is 24.0 Å². The smallest absolute Gasteiger partial charge is 0.226 e. The van der Waals surface area contributed by atoms with E-state index in [1.54, 1.807) is 0 Å². The van der Waals surface area contributed by atoms with Crippen LogP contribution in [0.25, 0.3) is 0 Å². The molecule has 4 heteroatoms.